The molecule has 1 aromatic rings. The van der Waals surface area contributed by atoms with Crippen LogP contribution in [0.25, 0.3) is 0 Å². The molecule has 0 radical (unpaired) electrons. The highest BCUT2D eigenvalue weighted by Gasteiger charge is 2.23. The van der Waals surface area contributed by atoms with Gasteiger partial charge in [0.05, 0.1) is 6.10 Å². The van der Waals surface area contributed by atoms with Crippen LogP contribution in [0.15, 0.2) is 24.5 Å². The molecule has 0 amide bonds. The zero-order chi connectivity index (χ0) is 12.9. The van der Waals surface area contributed by atoms with Crippen molar-refractivity contribution in [3.8, 4) is 5.75 Å². The Morgan fingerprint density at radius 3 is 2.29 bits per heavy atom. The lowest BCUT2D eigenvalue weighted by molar-refractivity contribution is 0.156. The summed E-state index contributed by atoms with van der Waals surface area (Å²) >= 11 is 0. The third-order valence-electron chi connectivity index (χ3n) is 3.75. The number of ether oxygens (including phenoxy) is 1. The predicted molar refractivity (Wildman–Crippen MR) is 72.2 cm³/mol. The first-order valence-corrected chi connectivity index (χ1v) is 6.48. The first-order chi connectivity index (χ1) is 7.92. The van der Waals surface area contributed by atoms with Gasteiger partial charge in [-0.3, -0.25) is 4.98 Å². The average Bonchev–Trinajstić information content (AvgIpc) is 2.28. The average molecular weight is 235 g/mol. The van der Waals surface area contributed by atoms with Gasteiger partial charge in [0.1, 0.15) is 5.75 Å². The Kier molecular flexibility index (Phi) is 4.98. The fourth-order valence-electron chi connectivity index (χ4n) is 1.57. The largest absolute Gasteiger partial charge is 0.491 e. The summed E-state index contributed by atoms with van der Waals surface area (Å²) in [5, 5.41) is 0. The van der Waals surface area contributed by atoms with Gasteiger partial charge in [0, 0.05) is 12.4 Å². The van der Waals surface area contributed by atoms with E-state index in [1.807, 2.05) is 12.1 Å². The fraction of sp³-hybridized carbons (Fsp3) is 0.667. The van der Waals surface area contributed by atoms with Gasteiger partial charge < -0.3 is 4.74 Å². The predicted octanol–water partition coefficient (Wildman–Crippen LogP) is 4.31. The van der Waals surface area contributed by atoms with Crippen molar-refractivity contribution in [2.45, 2.75) is 53.6 Å². The van der Waals surface area contributed by atoms with E-state index in [0.29, 0.717) is 11.3 Å². The summed E-state index contributed by atoms with van der Waals surface area (Å²) in [7, 11) is 0. The molecule has 0 N–H and O–H groups in total. The Labute approximate surface area is 105 Å². The second kappa shape index (κ2) is 6.04. The number of aromatic nitrogens is 1. The van der Waals surface area contributed by atoms with Crippen LogP contribution in [-0.4, -0.2) is 11.1 Å². The summed E-state index contributed by atoms with van der Waals surface area (Å²) in [4.78, 5) is 3.98. The van der Waals surface area contributed by atoms with Crippen LogP contribution in [0.4, 0.5) is 0 Å². The van der Waals surface area contributed by atoms with Crippen molar-refractivity contribution >= 4 is 0 Å². The van der Waals surface area contributed by atoms with E-state index in [0.717, 1.165) is 12.2 Å². The van der Waals surface area contributed by atoms with Gasteiger partial charge in [-0.05, 0) is 43.2 Å². The Morgan fingerprint density at radius 2 is 1.76 bits per heavy atom. The summed E-state index contributed by atoms with van der Waals surface area (Å²) in [6.45, 7) is 11.4. The lowest BCUT2D eigenvalue weighted by Gasteiger charge is -2.30. The minimum Gasteiger partial charge on any atom is -0.491 e. The highest BCUT2D eigenvalue weighted by Crippen LogP contribution is 2.32. The minimum atomic E-state index is 0.260. The van der Waals surface area contributed by atoms with E-state index >= 15 is 0 Å². The van der Waals surface area contributed by atoms with Gasteiger partial charge in [0.2, 0.25) is 0 Å². The van der Waals surface area contributed by atoms with Crippen molar-refractivity contribution in [2.24, 2.45) is 11.3 Å². The molecule has 1 heterocycles. The molecule has 1 atom stereocenters. The van der Waals surface area contributed by atoms with E-state index in [4.69, 9.17) is 4.74 Å². The van der Waals surface area contributed by atoms with Crippen molar-refractivity contribution in [1.82, 2.24) is 4.98 Å². The summed E-state index contributed by atoms with van der Waals surface area (Å²) in [5.41, 5.74) is 0.385. The Hall–Kier alpha value is -1.05. The molecule has 0 fully saturated rings. The van der Waals surface area contributed by atoms with Gasteiger partial charge in [-0.2, -0.15) is 0 Å². The second-order valence-corrected chi connectivity index (χ2v) is 5.79. The highest BCUT2D eigenvalue weighted by atomic mass is 16.5. The van der Waals surface area contributed by atoms with Crippen molar-refractivity contribution in [3.05, 3.63) is 24.5 Å². The first kappa shape index (κ1) is 14.0. The van der Waals surface area contributed by atoms with Gasteiger partial charge in [-0.15, -0.1) is 0 Å². The normalized spacial score (nSPS) is 13.8. The zero-order valence-corrected chi connectivity index (χ0v) is 11.7. The van der Waals surface area contributed by atoms with Crippen molar-refractivity contribution < 1.29 is 4.74 Å². The summed E-state index contributed by atoms with van der Waals surface area (Å²) in [6, 6.07) is 3.81. The second-order valence-electron chi connectivity index (χ2n) is 5.79. The van der Waals surface area contributed by atoms with Crippen LogP contribution >= 0.6 is 0 Å². The first-order valence-electron chi connectivity index (χ1n) is 6.48. The minimum absolute atomic E-state index is 0.260. The molecule has 0 aliphatic carbocycles. The molecule has 0 aliphatic heterocycles. The number of pyridine rings is 1. The van der Waals surface area contributed by atoms with Crippen LogP contribution in [0, 0.1) is 11.3 Å². The van der Waals surface area contributed by atoms with Gasteiger partial charge in [-0.1, -0.05) is 27.7 Å². The van der Waals surface area contributed by atoms with Crippen molar-refractivity contribution in [2.75, 3.05) is 0 Å². The van der Waals surface area contributed by atoms with E-state index in [-0.39, 0.29) is 6.10 Å². The Bertz CT molecular complexity index is 319. The van der Waals surface area contributed by atoms with E-state index in [2.05, 4.69) is 39.6 Å². The molecule has 1 aromatic heterocycles. The number of hydrogen-bond acceptors (Lipinski definition) is 2. The smallest absolute Gasteiger partial charge is 0.122 e. The molecule has 1 unspecified atom stereocenters. The molecule has 96 valence electrons. The highest BCUT2D eigenvalue weighted by molar-refractivity contribution is 5.17. The lowest BCUT2D eigenvalue weighted by atomic mass is 9.77. The maximum atomic E-state index is 5.85. The van der Waals surface area contributed by atoms with Crippen molar-refractivity contribution in [1.29, 1.82) is 0 Å². The third-order valence-corrected chi connectivity index (χ3v) is 3.75. The molecule has 2 heteroatoms. The van der Waals surface area contributed by atoms with Gasteiger partial charge in [0.15, 0.2) is 0 Å². The molecule has 0 aromatic carbocycles. The summed E-state index contributed by atoms with van der Waals surface area (Å²) < 4.78 is 5.85. The standard InChI is InChI=1S/C15H25NO/c1-12(2)15(4,5)9-6-13(3)17-14-7-10-16-11-8-14/h7-8,10-13H,6,9H2,1-5H3. The molecule has 1 rings (SSSR count). The lowest BCUT2D eigenvalue weighted by Crippen LogP contribution is -2.22. The molecule has 0 saturated heterocycles. The molecular formula is C15H25NO. The van der Waals surface area contributed by atoms with Crippen LogP contribution in [0.3, 0.4) is 0 Å². The topological polar surface area (TPSA) is 22.1 Å². The molecular weight excluding hydrogens is 210 g/mol. The molecule has 0 saturated carbocycles. The SMILES string of the molecule is CC(CCC(C)(C)C(C)C)Oc1ccncc1. The van der Waals surface area contributed by atoms with Crippen LogP contribution in [0.1, 0.15) is 47.5 Å². The molecule has 0 spiro atoms. The van der Waals surface area contributed by atoms with E-state index in [1.165, 1.54) is 6.42 Å². The van der Waals surface area contributed by atoms with Crippen molar-refractivity contribution in [3.63, 3.8) is 0 Å². The van der Waals surface area contributed by atoms with Crippen LogP contribution in [0.5, 0.6) is 5.75 Å². The molecule has 0 aliphatic rings. The van der Waals surface area contributed by atoms with Gasteiger partial charge in [0.25, 0.3) is 0 Å². The zero-order valence-electron chi connectivity index (χ0n) is 11.7. The third kappa shape index (κ3) is 4.76. The molecule has 2 nitrogen and oxygen atoms in total. The van der Waals surface area contributed by atoms with Gasteiger partial charge >= 0.3 is 0 Å². The summed E-state index contributed by atoms with van der Waals surface area (Å²) in [5.74, 6) is 1.62. The number of hydrogen-bond donors (Lipinski definition) is 0. The van der Waals surface area contributed by atoms with E-state index in [1.54, 1.807) is 12.4 Å². The van der Waals surface area contributed by atoms with E-state index < -0.39 is 0 Å². The van der Waals surface area contributed by atoms with E-state index in [9.17, 15) is 0 Å². The van der Waals surface area contributed by atoms with Crippen LogP contribution in [-0.2, 0) is 0 Å². The number of nitrogens with zero attached hydrogens (tertiary/aromatic N) is 1. The fourth-order valence-corrected chi connectivity index (χ4v) is 1.57. The van der Waals surface area contributed by atoms with Crippen LogP contribution in [0.2, 0.25) is 0 Å². The Balaban J connectivity index is 2.38. The maximum Gasteiger partial charge on any atom is 0.122 e. The summed E-state index contributed by atoms with van der Waals surface area (Å²) in [6.07, 6.45) is 6.07. The Morgan fingerprint density at radius 1 is 1.18 bits per heavy atom. The van der Waals surface area contributed by atoms with Crippen LogP contribution < -0.4 is 4.74 Å². The molecule has 17 heavy (non-hydrogen) atoms. The monoisotopic (exact) mass is 235 g/mol. The maximum absolute atomic E-state index is 5.85. The number of rotatable bonds is 6. The van der Waals surface area contributed by atoms with Gasteiger partial charge in [-0.25, -0.2) is 0 Å². The quantitative estimate of drug-likeness (QED) is 0.733. The molecule has 0 bridgehead atoms.